The molecule has 0 saturated heterocycles. The van der Waals surface area contributed by atoms with Gasteiger partial charge < -0.3 is 5.32 Å². The molecular formula is C10H18N4. The van der Waals surface area contributed by atoms with E-state index in [1.807, 2.05) is 13.8 Å². The monoisotopic (exact) mass is 194 g/mol. The largest absolute Gasteiger partial charge is 0.353 e. The molecule has 4 nitrogen and oxygen atoms in total. The smallest absolute Gasteiger partial charge is 0.242 e. The highest BCUT2D eigenvalue weighted by atomic mass is 15.2. The van der Waals surface area contributed by atoms with Crippen LogP contribution in [-0.4, -0.2) is 21.7 Å². The van der Waals surface area contributed by atoms with Gasteiger partial charge in [-0.05, 0) is 20.3 Å². The summed E-state index contributed by atoms with van der Waals surface area (Å²) in [6.45, 7) is 6.98. The minimum Gasteiger partial charge on any atom is -0.353 e. The van der Waals surface area contributed by atoms with E-state index >= 15 is 0 Å². The quantitative estimate of drug-likeness (QED) is 0.729. The summed E-state index contributed by atoms with van der Waals surface area (Å²) in [5.41, 5.74) is 1.84. The molecule has 0 aromatic carbocycles. The third kappa shape index (κ3) is 3.28. The molecule has 0 fully saturated rings. The Kier molecular flexibility index (Phi) is 4.29. The first kappa shape index (κ1) is 10.9. The van der Waals surface area contributed by atoms with E-state index in [1.165, 1.54) is 12.8 Å². The van der Waals surface area contributed by atoms with Crippen molar-refractivity contribution in [2.45, 2.75) is 40.0 Å². The number of anilines is 1. The van der Waals surface area contributed by atoms with Crippen molar-refractivity contribution in [3.63, 3.8) is 0 Å². The fourth-order valence-electron chi connectivity index (χ4n) is 1.11. The van der Waals surface area contributed by atoms with Gasteiger partial charge in [-0.25, -0.2) is 4.98 Å². The van der Waals surface area contributed by atoms with Crippen molar-refractivity contribution < 1.29 is 0 Å². The lowest BCUT2D eigenvalue weighted by Gasteiger charge is -2.04. The molecule has 0 saturated carbocycles. The standard InChI is InChI=1S/C10H18N4/c1-4-5-6-7-11-10-12-8(2)9(3)13-14-10/h4-7H2,1-3H3,(H,11,12,14). The predicted molar refractivity (Wildman–Crippen MR) is 57.3 cm³/mol. The van der Waals surface area contributed by atoms with Crippen molar-refractivity contribution in [3.05, 3.63) is 11.4 Å². The van der Waals surface area contributed by atoms with Crippen molar-refractivity contribution in [1.29, 1.82) is 0 Å². The average Bonchev–Trinajstić information content (AvgIpc) is 2.18. The van der Waals surface area contributed by atoms with Crippen LogP contribution in [0.1, 0.15) is 37.6 Å². The molecule has 1 aromatic heterocycles. The minimum atomic E-state index is 0.643. The molecule has 0 bridgehead atoms. The molecule has 0 radical (unpaired) electrons. The second kappa shape index (κ2) is 5.52. The molecule has 78 valence electrons. The van der Waals surface area contributed by atoms with Crippen LogP contribution in [0.2, 0.25) is 0 Å². The fourth-order valence-corrected chi connectivity index (χ4v) is 1.11. The second-order valence-electron chi connectivity index (χ2n) is 3.44. The van der Waals surface area contributed by atoms with Crippen LogP contribution in [0.4, 0.5) is 5.95 Å². The summed E-state index contributed by atoms with van der Waals surface area (Å²) in [5, 5.41) is 11.1. The third-order valence-corrected chi connectivity index (χ3v) is 2.16. The van der Waals surface area contributed by atoms with Crippen molar-refractivity contribution in [1.82, 2.24) is 15.2 Å². The summed E-state index contributed by atoms with van der Waals surface area (Å²) in [6, 6.07) is 0. The van der Waals surface area contributed by atoms with Gasteiger partial charge in [0.05, 0.1) is 11.4 Å². The zero-order valence-corrected chi connectivity index (χ0v) is 9.17. The van der Waals surface area contributed by atoms with E-state index in [9.17, 15) is 0 Å². The van der Waals surface area contributed by atoms with E-state index < -0.39 is 0 Å². The van der Waals surface area contributed by atoms with Gasteiger partial charge in [-0.1, -0.05) is 19.8 Å². The van der Waals surface area contributed by atoms with Gasteiger partial charge in [-0.3, -0.25) is 0 Å². The molecule has 14 heavy (non-hydrogen) atoms. The summed E-state index contributed by atoms with van der Waals surface area (Å²) < 4.78 is 0. The molecule has 4 heteroatoms. The molecule has 1 N–H and O–H groups in total. The molecule has 0 spiro atoms. The van der Waals surface area contributed by atoms with Gasteiger partial charge >= 0.3 is 0 Å². The second-order valence-corrected chi connectivity index (χ2v) is 3.44. The summed E-state index contributed by atoms with van der Waals surface area (Å²) >= 11 is 0. The average molecular weight is 194 g/mol. The lowest BCUT2D eigenvalue weighted by atomic mass is 10.2. The maximum atomic E-state index is 4.29. The van der Waals surface area contributed by atoms with Crippen molar-refractivity contribution in [2.75, 3.05) is 11.9 Å². The van der Waals surface area contributed by atoms with Crippen molar-refractivity contribution >= 4 is 5.95 Å². The number of unbranched alkanes of at least 4 members (excludes halogenated alkanes) is 2. The highest BCUT2D eigenvalue weighted by Gasteiger charge is 1.99. The summed E-state index contributed by atoms with van der Waals surface area (Å²) in [5.74, 6) is 0.643. The van der Waals surface area contributed by atoms with E-state index in [1.54, 1.807) is 0 Å². The van der Waals surface area contributed by atoms with E-state index in [-0.39, 0.29) is 0 Å². The highest BCUT2D eigenvalue weighted by Crippen LogP contribution is 2.02. The minimum absolute atomic E-state index is 0.643. The molecule has 0 aliphatic rings. The molecule has 1 rings (SSSR count). The van der Waals surface area contributed by atoms with E-state index in [0.29, 0.717) is 5.95 Å². The molecule has 0 amide bonds. The van der Waals surface area contributed by atoms with Crippen LogP contribution in [0.3, 0.4) is 0 Å². The number of aryl methyl sites for hydroxylation is 2. The highest BCUT2D eigenvalue weighted by molar-refractivity contribution is 5.24. The van der Waals surface area contributed by atoms with E-state index in [2.05, 4.69) is 27.4 Å². The normalized spacial score (nSPS) is 10.2. The SMILES string of the molecule is CCCCCNc1nnc(C)c(C)n1. The first-order chi connectivity index (χ1) is 6.74. The summed E-state index contributed by atoms with van der Waals surface area (Å²) in [4.78, 5) is 4.29. The van der Waals surface area contributed by atoms with E-state index in [4.69, 9.17) is 0 Å². The van der Waals surface area contributed by atoms with Crippen molar-refractivity contribution in [2.24, 2.45) is 0 Å². The van der Waals surface area contributed by atoms with Crippen LogP contribution in [-0.2, 0) is 0 Å². The Balaban J connectivity index is 2.39. The van der Waals surface area contributed by atoms with Crippen LogP contribution in [0.25, 0.3) is 0 Å². The topological polar surface area (TPSA) is 50.7 Å². The Bertz CT molecular complexity index is 285. The Labute approximate surface area is 85.2 Å². The lowest BCUT2D eigenvalue weighted by Crippen LogP contribution is -2.08. The molecule has 0 atom stereocenters. The number of aromatic nitrogens is 3. The van der Waals surface area contributed by atoms with Crippen LogP contribution in [0.5, 0.6) is 0 Å². The maximum Gasteiger partial charge on any atom is 0.242 e. The van der Waals surface area contributed by atoms with Gasteiger partial charge in [0.2, 0.25) is 5.95 Å². The Hall–Kier alpha value is -1.19. The van der Waals surface area contributed by atoms with Crippen LogP contribution >= 0.6 is 0 Å². The molecule has 0 unspecified atom stereocenters. The van der Waals surface area contributed by atoms with E-state index in [0.717, 1.165) is 24.4 Å². The fraction of sp³-hybridized carbons (Fsp3) is 0.700. The lowest BCUT2D eigenvalue weighted by molar-refractivity contribution is 0.737. The molecular weight excluding hydrogens is 176 g/mol. The zero-order valence-electron chi connectivity index (χ0n) is 9.17. The first-order valence-corrected chi connectivity index (χ1v) is 5.16. The van der Waals surface area contributed by atoms with Gasteiger partial charge in [-0.15, -0.1) is 5.10 Å². The molecule has 0 aliphatic carbocycles. The van der Waals surface area contributed by atoms with Crippen molar-refractivity contribution in [3.8, 4) is 0 Å². The Morgan fingerprint density at radius 1 is 1.07 bits per heavy atom. The molecule has 0 aliphatic heterocycles. The number of nitrogens with zero attached hydrogens (tertiary/aromatic N) is 3. The van der Waals surface area contributed by atoms with Gasteiger partial charge in [0.1, 0.15) is 0 Å². The predicted octanol–water partition coefficient (Wildman–Crippen LogP) is 2.09. The maximum absolute atomic E-state index is 4.29. The first-order valence-electron chi connectivity index (χ1n) is 5.16. The van der Waals surface area contributed by atoms with Gasteiger partial charge in [0.15, 0.2) is 0 Å². The number of rotatable bonds is 5. The Morgan fingerprint density at radius 2 is 1.86 bits per heavy atom. The number of nitrogens with one attached hydrogen (secondary N) is 1. The van der Waals surface area contributed by atoms with Crippen LogP contribution in [0.15, 0.2) is 0 Å². The van der Waals surface area contributed by atoms with Gasteiger partial charge in [0.25, 0.3) is 0 Å². The number of hydrogen-bond donors (Lipinski definition) is 1. The molecule has 1 heterocycles. The van der Waals surface area contributed by atoms with Crippen LogP contribution in [0, 0.1) is 13.8 Å². The van der Waals surface area contributed by atoms with Gasteiger partial charge in [-0.2, -0.15) is 5.10 Å². The summed E-state index contributed by atoms with van der Waals surface area (Å²) in [6.07, 6.45) is 3.63. The zero-order chi connectivity index (χ0) is 10.4. The Morgan fingerprint density at radius 3 is 2.50 bits per heavy atom. The van der Waals surface area contributed by atoms with Gasteiger partial charge in [0, 0.05) is 6.54 Å². The van der Waals surface area contributed by atoms with Crippen LogP contribution < -0.4 is 5.32 Å². The third-order valence-electron chi connectivity index (χ3n) is 2.16. The molecule has 1 aromatic rings. The summed E-state index contributed by atoms with van der Waals surface area (Å²) in [7, 11) is 0. The number of hydrogen-bond acceptors (Lipinski definition) is 4.